The molecule has 1 fully saturated rings. The molecule has 1 aromatic heterocycles. The van der Waals surface area contributed by atoms with E-state index in [1.54, 1.807) is 0 Å². The maximum atomic E-state index is 12.4. The van der Waals surface area contributed by atoms with Gasteiger partial charge in [0.1, 0.15) is 0 Å². The van der Waals surface area contributed by atoms with Crippen molar-refractivity contribution in [2.75, 3.05) is 25.0 Å². The Balaban J connectivity index is 1.09. The Labute approximate surface area is 187 Å². The molecule has 0 bridgehead atoms. The molecule has 32 heavy (non-hydrogen) atoms. The predicted molar refractivity (Wildman–Crippen MR) is 127 cm³/mol. The van der Waals surface area contributed by atoms with Gasteiger partial charge in [0, 0.05) is 53.9 Å². The first-order valence-corrected chi connectivity index (χ1v) is 11.3. The fraction of sp³-hybridized carbons (Fsp3) is 0.308. The van der Waals surface area contributed by atoms with Crippen LogP contribution in [0.3, 0.4) is 0 Å². The zero-order valence-corrected chi connectivity index (χ0v) is 18.1. The summed E-state index contributed by atoms with van der Waals surface area (Å²) in [4.78, 5) is 29.8. The number of aromatic nitrogens is 1. The highest BCUT2D eigenvalue weighted by Crippen LogP contribution is 2.30. The summed E-state index contributed by atoms with van der Waals surface area (Å²) in [5.74, 6) is 0.326. The summed E-state index contributed by atoms with van der Waals surface area (Å²) < 4.78 is 0. The van der Waals surface area contributed by atoms with Crippen LogP contribution in [0.5, 0.6) is 0 Å². The second-order valence-electron chi connectivity index (χ2n) is 8.70. The summed E-state index contributed by atoms with van der Waals surface area (Å²) in [6, 6.07) is 16.0. The van der Waals surface area contributed by atoms with Gasteiger partial charge in [-0.2, -0.15) is 0 Å². The highest BCUT2D eigenvalue weighted by molar-refractivity contribution is 5.94. The van der Waals surface area contributed by atoms with E-state index in [0.717, 1.165) is 49.1 Å². The van der Waals surface area contributed by atoms with E-state index in [0.29, 0.717) is 13.1 Å². The monoisotopic (exact) mass is 428 g/mol. The lowest BCUT2D eigenvalue weighted by atomic mass is 9.99. The number of amides is 2. The summed E-state index contributed by atoms with van der Waals surface area (Å²) in [5, 5.41) is 7.19. The van der Waals surface area contributed by atoms with Crippen molar-refractivity contribution in [3.05, 3.63) is 71.9 Å². The molecule has 1 saturated carbocycles. The van der Waals surface area contributed by atoms with Gasteiger partial charge < -0.3 is 15.6 Å². The van der Waals surface area contributed by atoms with Gasteiger partial charge in [0.05, 0.1) is 6.54 Å². The predicted octanol–water partition coefficient (Wildman–Crippen LogP) is 3.92. The van der Waals surface area contributed by atoms with Crippen LogP contribution in [0.2, 0.25) is 0 Å². The van der Waals surface area contributed by atoms with E-state index in [1.807, 2.05) is 30.3 Å². The Morgan fingerprint density at radius 2 is 1.88 bits per heavy atom. The number of rotatable bonds is 7. The van der Waals surface area contributed by atoms with Gasteiger partial charge in [-0.25, -0.2) is 0 Å². The number of nitrogens with zero attached hydrogens (tertiary/aromatic N) is 1. The zero-order valence-electron chi connectivity index (χ0n) is 18.1. The normalized spacial score (nSPS) is 16.6. The summed E-state index contributed by atoms with van der Waals surface area (Å²) in [5.41, 5.74) is 5.59. The first-order chi connectivity index (χ1) is 15.7. The van der Waals surface area contributed by atoms with Gasteiger partial charge in [0.15, 0.2) is 0 Å². The average Bonchev–Trinajstić information content (AvgIpc) is 3.59. The first kappa shape index (κ1) is 20.5. The van der Waals surface area contributed by atoms with Crippen molar-refractivity contribution in [1.29, 1.82) is 0 Å². The highest BCUT2D eigenvalue weighted by atomic mass is 16.2. The van der Waals surface area contributed by atoms with Crippen LogP contribution in [0.25, 0.3) is 16.5 Å². The third-order valence-corrected chi connectivity index (χ3v) is 6.25. The van der Waals surface area contributed by atoms with E-state index >= 15 is 0 Å². The molecule has 3 aromatic rings. The Bertz CT molecular complexity index is 1160. The van der Waals surface area contributed by atoms with Crippen LogP contribution >= 0.6 is 0 Å². The number of aromatic amines is 1. The molecule has 5 rings (SSSR count). The molecule has 0 atom stereocenters. The van der Waals surface area contributed by atoms with Crippen molar-refractivity contribution in [1.82, 2.24) is 15.2 Å². The Morgan fingerprint density at radius 3 is 2.62 bits per heavy atom. The van der Waals surface area contributed by atoms with Crippen LogP contribution in [-0.4, -0.2) is 41.3 Å². The SMILES string of the molecule is O=C(CN1CC=C(c2c[nH]c3ccccc23)CC1)NCc1ccc(NC(=O)C2CC2)cc1. The average molecular weight is 429 g/mol. The fourth-order valence-electron chi connectivity index (χ4n) is 4.19. The molecule has 2 heterocycles. The van der Waals surface area contributed by atoms with Crippen LogP contribution in [0.4, 0.5) is 5.69 Å². The molecule has 0 unspecified atom stereocenters. The van der Waals surface area contributed by atoms with Crippen LogP contribution in [0.15, 0.2) is 60.8 Å². The van der Waals surface area contributed by atoms with Gasteiger partial charge >= 0.3 is 0 Å². The molecular formula is C26H28N4O2. The Hall–Kier alpha value is -3.38. The molecule has 164 valence electrons. The van der Waals surface area contributed by atoms with Crippen LogP contribution in [0.1, 0.15) is 30.4 Å². The molecule has 0 saturated heterocycles. The summed E-state index contributed by atoms with van der Waals surface area (Å²) >= 11 is 0. The van der Waals surface area contributed by atoms with Gasteiger partial charge in [-0.3, -0.25) is 14.5 Å². The number of benzene rings is 2. The van der Waals surface area contributed by atoms with Crippen molar-refractivity contribution in [3.8, 4) is 0 Å². The molecule has 0 spiro atoms. The Kier molecular flexibility index (Phi) is 5.77. The quantitative estimate of drug-likeness (QED) is 0.534. The number of nitrogens with one attached hydrogen (secondary N) is 3. The lowest BCUT2D eigenvalue weighted by Crippen LogP contribution is -2.39. The van der Waals surface area contributed by atoms with E-state index in [-0.39, 0.29) is 17.7 Å². The minimum Gasteiger partial charge on any atom is -0.361 e. The number of carbonyl (C=O) groups is 2. The minimum absolute atomic E-state index is 0.0278. The van der Waals surface area contributed by atoms with E-state index in [9.17, 15) is 9.59 Å². The van der Waals surface area contributed by atoms with Crippen molar-refractivity contribution in [2.45, 2.75) is 25.8 Å². The fourth-order valence-corrected chi connectivity index (χ4v) is 4.19. The smallest absolute Gasteiger partial charge is 0.234 e. The highest BCUT2D eigenvalue weighted by Gasteiger charge is 2.29. The molecule has 2 aromatic carbocycles. The molecule has 0 radical (unpaired) electrons. The van der Waals surface area contributed by atoms with E-state index in [4.69, 9.17) is 0 Å². The number of fused-ring (bicyclic) bond motifs is 1. The van der Waals surface area contributed by atoms with Crippen LogP contribution in [-0.2, 0) is 16.1 Å². The zero-order chi connectivity index (χ0) is 21.9. The van der Waals surface area contributed by atoms with Gasteiger partial charge in [-0.15, -0.1) is 0 Å². The Morgan fingerprint density at radius 1 is 1.06 bits per heavy atom. The van der Waals surface area contributed by atoms with E-state index in [2.05, 4.69) is 51.0 Å². The molecule has 6 heteroatoms. The number of anilines is 1. The molecule has 3 N–H and O–H groups in total. The maximum absolute atomic E-state index is 12.4. The van der Waals surface area contributed by atoms with E-state index < -0.39 is 0 Å². The van der Waals surface area contributed by atoms with Gasteiger partial charge in [-0.05, 0) is 48.6 Å². The third-order valence-electron chi connectivity index (χ3n) is 6.25. The van der Waals surface area contributed by atoms with Crippen molar-refractivity contribution in [3.63, 3.8) is 0 Å². The number of hydrogen-bond acceptors (Lipinski definition) is 3. The van der Waals surface area contributed by atoms with Gasteiger partial charge in [0.2, 0.25) is 11.8 Å². The number of hydrogen-bond donors (Lipinski definition) is 3. The van der Waals surface area contributed by atoms with Crippen LogP contribution < -0.4 is 10.6 Å². The summed E-state index contributed by atoms with van der Waals surface area (Å²) in [7, 11) is 0. The van der Waals surface area contributed by atoms with Crippen molar-refractivity contribution in [2.24, 2.45) is 5.92 Å². The lowest BCUT2D eigenvalue weighted by molar-refractivity contribution is -0.122. The topological polar surface area (TPSA) is 77.2 Å². The first-order valence-electron chi connectivity index (χ1n) is 11.3. The summed E-state index contributed by atoms with van der Waals surface area (Å²) in [6.07, 6.45) is 7.24. The molecule has 1 aliphatic heterocycles. The van der Waals surface area contributed by atoms with Gasteiger partial charge in [-0.1, -0.05) is 36.4 Å². The molecular weight excluding hydrogens is 400 g/mol. The van der Waals surface area contributed by atoms with Crippen molar-refractivity contribution >= 4 is 34.0 Å². The minimum atomic E-state index is 0.0278. The lowest BCUT2D eigenvalue weighted by Gasteiger charge is -2.25. The van der Waals surface area contributed by atoms with Crippen LogP contribution in [0, 0.1) is 5.92 Å². The van der Waals surface area contributed by atoms with Gasteiger partial charge in [0.25, 0.3) is 0 Å². The number of carbonyl (C=O) groups excluding carboxylic acids is 2. The largest absolute Gasteiger partial charge is 0.361 e. The van der Waals surface area contributed by atoms with Crippen molar-refractivity contribution < 1.29 is 9.59 Å². The van der Waals surface area contributed by atoms with E-state index in [1.165, 1.54) is 16.5 Å². The second-order valence-corrected chi connectivity index (χ2v) is 8.70. The molecule has 1 aliphatic carbocycles. The standard InChI is InChI=1S/C26H28N4O2/c31-25(28-15-18-5-9-21(10-6-18)29-26(32)20-7-8-20)17-30-13-11-19(12-14-30)23-16-27-24-4-2-1-3-22(23)24/h1-6,9-11,16,20,27H,7-8,12-15,17H2,(H,28,31)(H,29,32). The third kappa shape index (κ3) is 4.75. The molecule has 2 amide bonds. The summed E-state index contributed by atoms with van der Waals surface area (Å²) in [6.45, 7) is 2.53. The number of para-hydroxylation sites is 1. The second kappa shape index (κ2) is 9.01. The maximum Gasteiger partial charge on any atom is 0.234 e. The molecule has 6 nitrogen and oxygen atoms in total. The molecule has 2 aliphatic rings. The number of H-pyrrole nitrogens is 1.